The Hall–Kier alpha value is -3.64. The predicted molar refractivity (Wildman–Crippen MR) is 168 cm³/mol. The van der Waals surface area contributed by atoms with Gasteiger partial charge < -0.3 is 18.8 Å². The number of halogens is 1. The molecule has 1 atom stereocenters. The van der Waals surface area contributed by atoms with E-state index in [-0.39, 0.29) is 11.1 Å². The molecule has 0 N–H and O–H groups in total. The Labute approximate surface area is 255 Å². The van der Waals surface area contributed by atoms with Crippen LogP contribution in [-0.2, 0) is 9.53 Å². The molecule has 2 aromatic heterocycles. The van der Waals surface area contributed by atoms with E-state index in [1.165, 1.54) is 24.6 Å². The maximum atomic E-state index is 14.0. The minimum absolute atomic E-state index is 0.237. The molecule has 0 aliphatic carbocycles. The molecular formula is C31H30IN3O5S. The molecule has 4 aromatic rings. The van der Waals surface area contributed by atoms with Gasteiger partial charge in [-0.15, -0.1) is 0 Å². The van der Waals surface area contributed by atoms with E-state index in [0.717, 1.165) is 26.2 Å². The van der Waals surface area contributed by atoms with Gasteiger partial charge in [0.1, 0.15) is 0 Å². The number of benzene rings is 2. The zero-order chi connectivity index (χ0) is 29.3. The normalized spacial score (nSPS) is 14.7. The molecule has 0 amide bonds. The smallest absolute Gasteiger partial charge is 0.337 e. The fourth-order valence-electron chi connectivity index (χ4n) is 5.05. The summed E-state index contributed by atoms with van der Waals surface area (Å²) in [5.74, 6) is 0.580. The minimum Gasteiger partial charge on any atom is -0.490 e. The Morgan fingerprint density at radius 3 is 2.44 bits per heavy atom. The van der Waals surface area contributed by atoms with Crippen molar-refractivity contribution < 1.29 is 19.0 Å². The number of carbonyl (C=O) groups is 1. The summed E-state index contributed by atoms with van der Waals surface area (Å²) >= 11 is 3.58. The number of nitrogens with zero attached hydrogens (tertiary/aromatic N) is 3. The van der Waals surface area contributed by atoms with Gasteiger partial charge in [0.2, 0.25) is 0 Å². The van der Waals surface area contributed by atoms with Crippen molar-refractivity contribution >= 4 is 46.0 Å². The molecule has 1 aliphatic heterocycles. The van der Waals surface area contributed by atoms with Crippen molar-refractivity contribution in [2.24, 2.45) is 4.99 Å². The van der Waals surface area contributed by atoms with Gasteiger partial charge in [-0.3, -0.25) is 9.36 Å². The van der Waals surface area contributed by atoms with E-state index in [0.29, 0.717) is 39.6 Å². The van der Waals surface area contributed by atoms with E-state index in [2.05, 4.69) is 69.4 Å². The van der Waals surface area contributed by atoms with Crippen molar-refractivity contribution in [1.82, 2.24) is 9.13 Å². The molecule has 3 heterocycles. The highest BCUT2D eigenvalue weighted by Crippen LogP contribution is 2.35. The highest BCUT2D eigenvalue weighted by Gasteiger charge is 2.31. The molecule has 0 saturated carbocycles. The molecule has 41 heavy (non-hydrogen) atoms. The van der Waals surface area contributed by atoms with Crippen LogP contribution < -0.4 is 24.4 Å². The van der Waals surface area contributed by atoms with E-state index < -0.39 is 12.0 Å². The van der Waals surface area contributed by atoms with Crippen molar-refractivity contribution in [3.8, 4) is 17.2 Å². The van der Waals surface area contributed by atoms with Gasteiger partial charge in [0, 0.05) is 26.8 Å². The van der Waals surface area contributed by atoms with Crippen molar-refractivity contribution in [2.45, 2.75) is 33.7 Å². The number of esters is 1. The first-order valence-electron chi connectivity index (χ1n) is 13.2. The third-order valence-electron chi connectivity index (χ3n) is 6.85. The van der Waals surface area contributed by atoms with Crippen LogP contribution in [-0.4, -0.2) is 35.4 Å². The largest absolute Gasteiger partial charge is 0.490 e. The van der Waals surface area contributed by atoms with Crippen LogP contribution in [0.4, 0.5) is 0 Å². The lowest BCUT2D eigenvalue weighted by atomic mass is 9.97. The van der Waals surface area contributed by atoms with Crippen LogP contribution in [0, 0.1) is 17.4 Å². The van der Waals surface area contributed by atoms with Crippen molar-refractivity contribution in [3.63, 3.8) is 0 Å². The average molecular weight is 684 g/mol. The Balaban J connectivity index is 1.66. The van der Waals surface area contributed by atoms with Crippen molar-refractivity contribution in [3.05, 3.63) is 106 Å². The number of thiazole rings is 1. The average Bonchev–Trinajstić information content (AvgIpc) is 3.43. The van der Waals surface area contributed by atoms with Crippen LogP contribution in [0.5, 0.6) is 11.5 Å². The Kier molecular flexibility index (Phi) is 8.50. The summed E-state index contributed by atoms with van der Waals surface area (Å²) in [4.78, 5) is 31.8. The number of fused-ring (bicyclic) bond motifs is 1. The number of hydrogen-bond acceptors (Lipinski definition) is 7. The predicted octanol–water partition coefficient (Wildman–Crippen LogP) is 4.83. The van der Waals surface area contributed by atoms with E-state index in [1.54, 1.807) is 10.6 Å². The Morgan fingerprint density at radius 2 is 1.76 bits per heavy atom. The van der Waals surface area contributed by atoms with Gasteiger partial charge in [-0.1, -0.05) is 17.4 Å². The highest BCUT2D eigenvalue weighted by molar-refractivity contribution is 14.1. The lowest BCUT2D eigenvalue weighted by Gasteiger charge is -2.23. The maximum absolute atomic E-state index is 14.0. The lowest BCUT2D eigenvalue weighted by Crippen LogP contribution is -2.39. The molecule has 0 unspecified atom stereocenters. The first-order chi connectivity index (χ1) is 19.8. The summed E-state index contributed by atoms with van der Waals surface area (Å²) in [6, 6.07) is 15.1. The number of methoxy groups -OCH3 is 1. The number of aromatic nitrogens is 2. The van der Waals surface area contributed by atoms with E-state index in [4.69, 9.17) is 14.2 Å². The molecule has 2 aromatic carbocycles. The maximum Gasteiger partial charge on any atom is 0.337 e. The summed E-state index contributed by atoms with van der Waals surface area (Å²) < 4.78 is 22.1. The molecule has 1 aliphatic rings. The molecule has 0 bridgehead atoms. The first-order valence-corrected chi connectivity index (χ1v) is 15.1. The third-order valence-corrected chi connectivity index (χ3v) is 8.57. The second-order valence-electron chi connectivity index (χ2n) is 9.39. The third kappa shape index (κ3) is 5.50. The summed E-state index contributed by atoms with van der Waals surface area (Å²) in [5, 5.41) is 0. The van der Waals surface area contributed by atoms with E-state index in [9.17, 15) is 9.59 Å². The van der Waals surface area contributed by atoms with Gasteiger partial charge in [0.15, 0.2) is 16.3 Å². The molecule has 0 spiro atoms. The Bertz CT molecular complexity index is 1830. The van der Waals surface area contributed by atoms with Gasteiger partial charge in [-0.2, -0.15) is 0 Å². The second kappa shape index (κ2) is 12.1. The molecular weight excluding hydrogens is 653 g/mol. The molecule has 0 radical (unpaired) electrons. The zero-order valence-corrected chi connectivity index (χ0v) is 26.4. The second-order valence-corrected chi connectivity index (χ2v) is 11.6. The zero-order valence-electron chi connectivity index (χ0n) is 23.4. The number of ether oxygens (including phenoxy) is 3. The Morgan fingerprint density at radius 1 is 1.05 bits per heavy atom. The summed E-state index contributed by atoms with van der Waals surface area (Å²) in [7, 11) is 1.32. The lowest BCUT2D eigenvalue weighted by molar-refractivity contribution is -0.136. The fourth-order valence-corrected chi connectivity index (χ4v) is 6.37. The van der Waals surface area contributed by atoms with Crippen molar-refractivity contribution in [1.29, 1.82) is 0 Å². The number of aryl methyl sites for hydroxylation is 1. The number of carbonyl (C=O) groups excluding carboxylic acids is 1. The SMILES string of the molecule is CCOc1ccc([C@@H]2C(C(=O)OC)=CN=c3s/c(=C/c4cc(C)n(-c5ccc(I)cc5)c4C)c(=O)n32)cc1OCC. The van der Waals surface area contributed by atoms with Gasteiger partial charge in [-0.25, -0.2) is 9.79 Å². The van der Waals surface area contributed by atoms with Crippen LogP contribution in [0.1, 0.15) is 42.4 Å². The quantitative estimate of drug-likeness (QED) is 0.197. The number of rotatable bonds is 8. The van der Waals surface area contributed by atoms with Crippen molar-refractivity contribution in [2.75, 3.05) is 20.3 Å². The summed E-state index contributed by atoms with van der Waals surface area (Å²) in [5.41, 5.74) is 4.79. The molecule has 5 rings (SSSR count). The summed E-state index contributed by atoms with van der Waals surface area (Å²) in [6.45, 7) is 8.80. The highest BCUT2D eigenvalue weighted by atomic mass is 127. The van der Waals surface area contributed by atoms with Crippen LogP contribution in [0.15, 0.2) is 70.1 Å². The molecule has 0 fully saturated rings. The van der Waals surface area contributed by atoms with E-state index >= 15 is 0 Å². The topological polar surface area (TPSA) is 84.0 Å². The molecule has 0 saturated heterocycles. The van der Waals surface area contributed by atoms with Crippen LogP contribution >= 0.6 is 33.9 Å². The van der Waals surface area contributed by atoms with Gasteiger partial charge in [0.05, 0.1) is 36.5 Å². The summed E-state index contributed by atoms with van der Waals surface area (Å²) in [6.07, 6.45) is 3.39. The monoisotopic (exact) mass is 683 g/mol. The minimum atomic E-state index is -0.741. The van der Waals surface area contributed by atoms with Crippen LogP contribution in [0.25, 0.3) is 11.8 Å². The molecule has 10 heteroatoms. The van der Waals surface area contributed by atoms with Crippen LogP contribution in [0.3, 0.4) is 0 Å². The van der Waals surface area contributed by atoms with Gasteiger partial charge in [-0.05, 0) is 110 Å². The van der Waals surface area contributed by atoms with E-state index in [1.807, 2.05) is 39.0 Å². The van der Waals surface area contributed by atoms with Crippen LogP contribution in [0.2, 0.25) is 0 Å². The molecule has 212 valence electrons. The van der Waals surface area contributed by atoms with Gasteiger partial charge >= 0.3 is 5.97 Å². The first kappa shape index (κ1) is 28.9. The fraction of sp³-hybridized carbons (Fsp3) is 0.258. The molecule has 8 nitrogen and oxygen atoms in total. The van der Waals surface area contributed by atoms with Gasteiger partial charge in [0.25, 0.3) is 5.56 Å². The standard InChI is InChI=1S/C31H30IN3O5S/c1-6-39-25-13-8-20(15-26(25)40-7-2)28-24(30(37)38-5)17-33-31-35(28)29(36)27(41-31)16-21-14-18(3)34(19(21)4)23-11-9-22(32)10-12-23/h8-17,28H,6-7H2,1-5H3/b27-16+/t28-/m1/s1. The number of hydrogen-bond donors (Lipinski definition) is 0.